The number of hydrogen-bond donors (Lipinski definition) is 1. The van der Waals surface area contributed by atoms with Gasteiger partial charge in [-0.1, -0.05) is 42.0 Å². The quantitative estimate of drug-likeness (QED) is 0.766. The van der Waals surface area contributed by atoms with Crippen molar-refractivity contribution in [1.29, 1.82) is 0 Å². The molecule has 0 spiro atoms. The summed E-state index contributed by atoms with van der Waals surface area (Å²) in [6.45, 7) is 2.57. The molecule has 0 saturated carbocycles. The molecule has 0 saturated heterocycles. The van der Waals surface area contributed by atoms with Crippen LogP contribution in [0.25, 0.3) is 0 Å². The lowest BCUT2D eigenvalue weighted by Crippen LogP contribution is -2.38. The van der Waals surface area contributed by atoms with Gasteiger partial charge in [0.05, 0.1) is 12.7 Å². The van der Waals surface area contributed by atoms with Gasteiger partial charge in [0.15, 0.2) is 0 Å². The number of amides is 1. The number of rotatable bonds is 8. The number of carbonyl (C=O) groups excluding carboxylic acids is 1. The number of aryl methyl sites for hydroxylation is 1. The molecule has 5 nitrogen and oxygen atoms in total. The zero-order valence-electron chi connectivity index (χ0n) is 14.9. The Morgan fingerprint density at radius 3 is 2.42 bits per heavy atom. The van der Waals surface area contributed by atoms with Crippen molar-refractivity contribution in [3.8, 4) is 0 Å². The summed E-state index contributed by atoms with van der Waals surface area (Å²) in [6.07, 6.45) is 1.20. The van der Waals surface area contributed by atoms with Crippen LogP contribution in [0, 0.1) is 12.7 Å². The van der Waals surface area contributed by atoms with Gasteiger partial charge in [0.2, 0.25) is 15.9 Å². The van der Waals surface area contributed by atoms with Gasteiger partial charge in [-0.05, 0) is 30.2 Å². The summed E-state index contributed by atoms with van der Waals surface area (Å²) in [7, 11) is -3.40. The lowest BCUT2D eigenvalue weighted by molar-refractivity contribution is -0.120. The van der Waals surface area contributed by atoms with Crippen molar-refractivity contribution < 1.29 is 17.6 Å². The molecule has 0 bridgehead atoms. The monoisotopic (exact) mass is 378 g/mol. The first-order valence-electron chi connectivity index (χ1n) is 8.26. The molecule has 1 N–H and O–H groups in total. The topological polar surface area (TPSA) is 66.5 Å². The van der Waals surface area contributed by atoms with E-state index in [9.17, 15) is 17.6 Å². The van der Waals surface area contributed by atoms with Crippen LogP contribution in [0.2, 0.25) is 0 Å². The third-order valence-electron chi connectivity index (χ3n) is 3.89. The smallest absolute Gasteiger partial charge is 0.224 e. The predicted molar refractivity (Wildman–Crippen MR) is 99.5 cm³/mol. The molecular formula is C19H23FN2O3S. The highest BCUT2D eigenvalue weighted by Gasteiger charge is 2.17. The average Bonchev–Trinajstić information content (AvgIpc) is 2.55. The first kappa shape index (κ1) is 20.1. The largest absolute Gasteiger partial charge is 0.354 e. The lowest BCUT2D eigenvalue weighted by Gasteiger charge is -2.20. The van der Waals surface area contributed by atoms with Crippen molar-refractivity contribution in [2.24, 2.45) is 0 Å². The SMILES string of the molecule is Cc1ccc(CN(CCNC(=O)Cc2cccc(F)c2)S(C)(=O)=O)cc1. The zero-order chi connectivity index (χ0) is 19.2. The van der Waals surface area contributed by atoms with Crippen LogP contribution in [0.5, 0.6) is 0 Å². The van der Waals surface area contributed by atoms with Gasteiger partial charge in [0.1, 0.15) is 5.82 Å². The van der Waals surface area contributed by atoms with E-state index in [1.54, 1.807) is 12.1 Å². The molecule has 0 aliphatic carbocycles. The molecule has 2 aromatic carbocycles. The number of halogens is 1. The van der Waals surface area contributed by atoms with Gasteiger partial charge in [-0.2, -0.15) is 4.31 Å². The number of nitrogens with one attached hydrogen (secondary N) is 1. The fourth-order valence-corrected chi connectivity index (χ4v) is 3.28. The molecule has 0 heterocycles. The minimum atomic E-state index is -3.40. The molecule has 0 aliphatic rings. The van der Waals surface area contributed by atoms with Crippen molar-refractivity contribution in [2.45, 2.75) is 19.9 Å². The van der Waals surface area contributed by atoms with Gasteiger partial charge >= 0.3 is 0 Å². The first-order valence-corrected chi connectivity index (χ1v) is 10.1. The minimum Gasteiger partial charge on any atom is -0.354 e. The number of sulfonamides is 1. The van der Waals surface area contributed by atoms with E-state index in [0.717, 1.165) is 17.4 Å². The summed E-state index contributed by atoms with van der Waals surface area (Å²) in [6, 6.07) is 13.5. The second kappa shape index (κ2) is 8.91. The van der Waals surface area contributed by atoms with E-state index in [2.05, 4.69) is 5.32 Å². The highest BCUT2D eigenvalue weighted by atomic mass is 32.2. The third-order valence-corrected chi connectivity index (χ3v) is 5.14. The normalized spacial score (nSPS) is 11.5. The Kier molecular flexibility index (Phi) is 6.88. The molecule has 0 aliphatic heterocycles. The van der Waals surface area contributed by atoms with Gasteiger partial charge in [0, 0.05) is 19.6 Å². The van der Waals surface area contributed by atoms with E-state index in [-0.39, 0.29) is 32.0 Å². The second-order valence-corrected chi connectivity index (χ2v) is 8.22. The summed E-state index contributed by atoms with van der Waals surface area (Å²) < 4.78 is 38.4. The third kappa shape index (κ3) is 6.57. The molecule has 0 fully saturated rings. The average molecular weight is 378 g/mol. The van der Waals surface area contributed by atoms with Gasteiger partial charge in [0.25, 0.3) is 0 Å². The molecule has 2 rings (SSSR count). The Morgan fingerprint density at radius 1 is 1.12 bits per heavy atom. The van der Waals surface area contributed by atoms with E-state index in [1.165, 1.54) is 16.4 Å². The lowest BCUT2D eigenvalue weighted by atomic mass is 10.1. The maximum atomic E-state index is 13.1. The van der Waals surface area contributed by atoms with Crippen molar-refractivity contribution in [1.82, 2.24) is 9.62 Å². The van der Waals surface area contributed by atoms with Crippen LogP contribution in [-0.4, -0.2) is 38.0 Å². The number of carbonyl (C=O) groups is 1. The zero-order valence-corrected chi connectivity index (χ0v) is 15.7. The minimum absolute atomic E-state index is 0.0502. The summed E-state index contributed by atoms with van der Waals surface area (Å²) in [4.78, 5) is 11.9. The summed E-state index contributed by atoms with van der Waals surface area (Å²) in [5, 5.41) is 2.68. The number of nitrogens with zero attached hydrogens (tertiary/aromatic N) is 1. The standard InChI is InChI=1S/C19H23FN2O3S/c1-15-6-8-16(9-7-15)14-22(26(2,24)25)11-10-21-19(23)13-17-4-3-5-18(20)12-17/h3-9,12H,10-11,13-14H2,1-2H3,(H,21,23). The predicted octanol–water partition coefficient (Wildman–Crippen LogP) is 2.25. The highest BCUT2D eigenvalue weighted by molar-refractivity contribution is 7.88. The fourth-order valence-electron chi connectivity index (χ4n) is 2.47. The van der Waals surface area contributed by atoms with Gasteiger partial charge < -0.3 is 5.32 Å². The van der Waals surface area contributed by atoms with Crippen LogP contribution in [-0.2, 0) is 27.8 Å². The molecular weight excluding hydrogens is 355 g/mol. The summed E-state index contributed by atoms with van der Waals surface area (Å²) in [5.41, 5.74) is 2.55. The Balaban J connectivity index is 1.89. The van der Waals surface area contributed by atoms with Crippen LogP contribution in [0.15, 0.2) is 48.5 Å². The van der Waals surface area contributed by atoms with Crippen LogP contribution >= 0.6 is 0 Å². The second-order valence-electron chi connectivity index (χ2n) is 6.24. The Hall–Kier alpha value is -2.25. The van der Waals surface area contributed by atoms with E-state index in [0.29, 0.717) is 5.56 Å². The molecule has 26 heavy (non-hydrogen) atoms. The van der Waals surface area contributed by atoms with Crippen LogP contribution in [0.4, 0.5) is 4.39 Å². The van der Waals surface area contributed by atoms with Gasteiger partial charge in [-0.15, -0.1) is 0 Å². The van der Waals surface area contributed by atoms with Crippen molar-refractivity contribution in [3.63, 3.8) is 0 Å². The van der Waals surface area contributed by atoms with E-state index in [1.807, 2.05) is 31.2 Å². The van der Waals surface area contributed by atoms with Crippen LogP contribution in [0.1, 0.15) is 16.7 Å². The molecule has 0 aromatic heterocycles. The van der Waals surface area contributed by atoms with E-state index in [4.69, 9.17) is 0 Å². The molecule has 0 atom stereocenters. The molecule has 2 aromatic rings. The first-order chi connectivity index (χ1) is 12.2. The maximum Gasteiger partial charge on any atom is 0.224 e. The molecule has 0 unspecified atom stereocenters. The van der Waals surface area contributed by atoms with Crippen molar-refractivity contribution in [2.75, 3.05) is 19.3 Å². The van der Waals surface area contributed by atoms with E-state index < -0.39 is 15.8 Å². The number of benzene rings is 2. The van der Waals surface area contributed by atoms with Crippen LogP contribution < -0.4 is 5.32 Å². The molecule has 1 amide bonds. The summed E-state index contributed by atoms with van der Waals surface area (Å²) >= 11 is 0. The number of hydrogen-bond acceptors (Lipinski definition) is 3. The van der Waals surface area contributed by atoms with Crippen molar-refractivity contribution in [3.05, 3.63) is 71.0 Å². The van der Waals surface area contributed by atoms with Gasteiger partial charge in [-0.25, -0.2) is 12.8 Å². The van der Waals surface area contributed by atoms with Crippen LogP contribution in [0.3, 0.4) is 0 Å². The van der Waals surface area contributed by atoms with Crippen molar-refractivity contribution >= 4 is 15.9 Å². The van der Waals surface area contributed by atoms with E-state index >= 15 is 0 Å². The Bertz CT molecular complexity index is 851. The highest BCUT2D eigenvalue weighted by Crippen LogP contribution is 2.09. The molecule has 0 radical (unpaired) electrons. The molecule has 140 valence electrons. The summed E-state index contributed by atoms with van der Waals surface area (Å²) in [5.74, 6) is -0.670. The Labute approximate surface area is 153 Å². The van der Waals surface area contributed by atoms with Gasteiger partial charge in [-0.3, -0.25) is 4.79 Å². The molecule has 7 heteroatoms. The Morgan fingerprint density at radius 2 is 1.81 bits per heavy atom. The fraction of sp³-hybridized carbons (Fsp3) is 0.316. The maximum absolute atomic E-state index is 13.1.